The molecule has 1 amide bonds. The first-order valence-electron chi connectivity index (χ1n) is 9.90. The summed E-state index contributed by atoms with van der Waals surface area (Å²) < 4.78 is 5.38. The fourth-order valence-electron chi connectivity index (χ4n) is 3.35. The quantitative estimate of drug-likeness (QED) is 0.558. The molecule has 1 aliphatic rings. The van der Waals surface area contributed by atoms with Gasteiger partial charge in [-0.1, -0.05) is 6.92 Å². The number of benzene rings is 1. The molecule has 0 unspecified atom stereocenters. The minimum absolute atomic E-state index is 0.0540. The SMILES string of the molecule is C[C@H](CC(=N)C1CCN(C(=O)c2ccc(C(=O)O)cc2)CC1)C(=O)OC(C)(C)C. The van der Waals surface area contributed by atoms with Gasteiger partial charge in [-0.05, 0) is 70.2 Å². The van der Waals surface area contributed by atoms with Gasteiger partial charge in [0.1, 0.15) is 5.60 Å². The average Bonchev–Trinajstić information content (AvgIpc) is 2.66. The Morgan fingerprint density at radius 2 is 1.66 bits per heavy atom. The molecule has 0 bridgehead atoms. The van der Waals surface area contributed by atoms with Crippen LogP contribution in [0, 0.1) is 17.2 Å². The molecular formula is C22H30N2O5. The van der Waals surface area contributed by atoms with Gasteiger partial charge in [-0.25, -0.2) is 4.79 Å². The molecule has 1 heterocycles. The van der Waals surface area contributed by atoms with E-state index in [0.29, 0.717) is 43.6 Å². The molecule has 2 N–H and O–H groups in total. The Hall–Kier alpha value is -2.70. The topological polar surface area (TPSA) is 108 Å². The number of ether oxygens (including phenoxy) is 1. The summed E-state index contributed by atoms with van der Waals surface area (Å²) in [6.45, 7) is 8.32. The first kappa shape index (κ1) is 22.6. The van der Waals surface area contributed by atoms with Gasteiger partial charge in [-0.2, -0.15) is 0 Å². The van der Waals surface area contributed by atoms with Crippen molar-refractivity contribution in [3.8, 4) is 0 Å². The molecule has 29 heavy (non-hydrogen) atoms. The van der Waals surface area contributed by atoms with Crippen molar-refractivity contribution in [3.05, 3.63) is 35.4 Å². The molecule has 7 heteroatoms. The van der Waals surface area contributed by atoms with Crippen molar-refractivity contribution in [1.29, 1.82) is 5.41 Å². The monoisotopic (exact) mass is 402 g/mol. The Morgan fingerprint density at radius 1 is 1.14 bits per heavy atom. The second kappa shape index (κ2) is 9.20. The summed E-state index contributed by atoms with van der Waals surface area (Å²) >= 11 is 0. The van der Waals surface area contributed by atoms with Crippen LogP contribution in [-0.4, -0.2) is 52.3 Å². The maximum atomic E-state index is 12.6. The summed E-state index contributed by atoms with van der Waals surface area (Å²) in [5, 5.41) is 17.3. The molecule has 2 rings (SSSR count). The van der Waals surface area contributed by atoms with Gasteiger partial charge in [-0.15, -0.1) is 0 Å². The Kier molecular flexibility index (Phi) is 7.16. The highest BCUT2D eigenvalue weighted by molar-refractivity contribution is 5.96. The number of nitrogens with zero attached hydrogens (tertiary/aromatic N) is 1. The lowest BCUT2D eigenvalue weighted by molar-refractivity contribution is -0.159. The number of carbonyl (C=O) groups excluding carboxylic acids is 2. The molecule has 1 aromatic carbocycles. The number of carboxylic acids is 1. The lowest BCUT2D eigenvalue weighted by Crippen LogP contribution is -2.40. The molecule has 1 aromatic rings. The molecule has 1 saturated heterocycles. The summed E-state index contributed by atoms with van der Waals surface area (Å²) in [5.41, 5.74) is 0.596. The number of hydrogen-bond donors (Lipinski definition) is 2. The van der Waals surface area contributed by atoms with Crippen molar-refractivity contribution in [2.75, 3.05) is 13.1 Å². The van der Waals surface area contributed by atoms with Gasteiger partial charge in [0.25, 0.3) is 5.91 Å². The lowest BCUT2D eigenvalue weighted by Gasteiger charge is -2.33. The third-order valence-corrected chi connectivity index (χ3v) is 4.99. The maximum absolute atomic E-state index is 12.6. The molecule has 0 radical (unpaired) electrons. The largest absolute Gasteiger partial charge is 0.478 e. The predicted octanol–water partition coefficient (Wildman–Crippen LogP) is 3.62. The molecule has 1 aliphatic heterocycles. The van der Waals surface area contributed by atoms with Crippen molar-refractivity contribution in [3.63, 3.8) is 0 Å². The van der Waals surface area contributed by atoms with Gasteiger partial charge in [0, 0.05) is 24.4 Å². The molecule has 0 spiro atoms. The molecular weight excluding hydrogens is 372 g/mol. The Balaban J connectivity index is 1.86. The molecule has 158 valence electrons. The summed E-state index contributed by atoms with van der Waals surface area (Å²) in [5.74, 6) is -1.76. The fourth-order valence-corrected chi connectivity index (χ4v) is 3.35. The van der Waals surface area contributed by atoms with E-state index in [0.717, 1.165) is 0 Å². The van der Waals surface area contributed by atoms with Crippen LogP contribution in [0.25, 0.3) is 0 Å². The van der Waals surface area contributed by atoms with Gasteiger partial charge in [-0.3, -0.25) is 9.59 Å². The number of aromatic carboxylic acids is 1. The average molecular weight is 402 g/mol. The minimum Gasteiger partial charge on any atom is -0.478 e. The van der Waals surface area contributed by atoms with Gasteiger partial charge >= 0.3 is 11.9 Å². The maximum Gasteiger partial charge on any atom is 0.335 e. The summed E-state index contributed by atoms with van der Waals surface area (Å²) in [6.07, 6.45) is 1.72. The Bertz CT molecular complexity index is 771. The van der Waals surface area contributed by atoms with Crippen LogP contribution in [0.15, 0.2) is 24.3 Å². The van der Waals surface area contributed by atoms with E-state index in [2.05, 4.69) is 0 Å². The number of likely N-dealkylation sites (tertiary alicyclic amines) is 1. The highest BCUT2D eigenvalue weighted by Crippen LogP contribution is 2.24. The normalized spacial score (nSPS) is 16.2. The molecule has 0 aliphatic carbocycles. The van der Waals surface area contributed by atoms with Gasteiger partial charge < -0.3 is 20.2 Å². The number of rotatable bonds is 6. The lowest BCUT2D eigenvalue weighted by atomic mass is 9.87. The third kappa shape index (κ3) is 6.41. The highest BCUT2D eigenvalue weighted by Gasteiger charge is 2.29. The summed E-state index contributed by atoms with van der Waals surface area (Å²) in [7, 11) is 0. The van der Waals surface area contributed by atoms with Crippen LogP contribution in [0.2, 0.25) is 0 Å². The Morgan fingerprint density at radius 3 is 2.14 bits per heavy atom. The van der Waals surface area contributed by atoms with Crippen LogP contribution in [0.5, 0.6) is 0 Å². The van der Waals surface area contributed by atoms with E-state index in [1.807, 2.05) is 20.8 Å². The van der Waals surface area contributed by atoms with E-state index in [-0.39, 0.29) is 29.3 Å². The standard InChI is InChI=1S/C22H30N2O5/c1-14(21(28)29-22(2,3)4)13-18(23)15-9-11-24(12-10-15)19(25)16-5-7-17(8-6-16)20(26)27/h5-8,14-15,23H,9-13H2,1-4H3,(H,26,27)/t14-/m1/s1. The van der Waals surface area contributed by atoms with Crippen LogP contribution < -0.4 is 0 Å². The first-order chi connectivity index (χ1) is 13.5. The van der Waals surface area contributed by atoms with Gasteiger partial charge in [0.15, 0.2) is 0 Å². The molecule has 0 aromatic heterocycles. The number of amides is 1. The third-order valence-electron chi connectivity index (χ3n) is 4.99. The predicted molar refractivity (Wildman–Crippen MR) is 109 cm³/mol. The first-order valence-corrected chi connectivity index (χ1v) is 9.90. The minimum atomic E-state index is -1.02. The summed E-state index contributed by atoms with van der Waals surface area (Å²) in [6, 6.07) is 5.91. The summed E-state index contributed by atoms with van der Waals surface area (Å²) in [4.78, 5) is 37.4. The van der Waals surface area contributed by atoms with E-state index in [1.165, 1.54) is 24.3 Å². The van der Waals surface area contributed by atoms with Crippen LogP contribution in [0.1, 0.15) is 67.7 Å². The molecule has 1 fully saturated rings. The zero-order valence-electron chi connectivity index (χ0n) is 17.5. The molecule has 0 saturated carbocycles. The molecule has 7 nitrogen and oxygen atoms in total. The molecule has 1 atom stereocenters. The van der Waals surface area contributed by atoms with Crippen LogP contribution in [-0.2, 0) is 9.53 Å². The van der Waals surface area contributed by atoms with Crippen molar-refractivity contribution in [1.82, 2.24) is 4.90 Å². The zero-order valence-corrected chi connectivity index (χ0v) is 17.5. The van der Waals surface area contributed by atoms with E-state index >= 15 is 0 Å². The van der Waals surface area contributed by atoms with Crippen molar-refractivity contribution < 1.29 is 24.2 Å². The van der Waals surface area contributed by atoms with Crippen molar-refractivity contribution >= 4 is 23.6 Å². The smallest absolute Gasteiger partial charge is 0.335 e. The van der Waals surface area contributed by atoms with Gasteiger partial charge in [0.2, 0.25) is 0 Å². The van der Waals surface area contributed by atoms with E-state index in [4.69, 9.17) is 15.3 Å². The number of nitrogens with one attached hydrogen (secondary N) is 1. The number of carbonyl (C=O) groups is 3. The van der Waals surface area contributed by atoms with Crippen molar-refractivity contribution in [2.24, 2.45) is 11.8 Å². The van der Waals surface area contributed by atoms with Crippen LogP contribution in [0.4, 0.5) is 0 Å². The Labute approximate surface area is 171 Å². The fraction of sp³-hybridized carbons (Fsp3) is 0.545. The second-order valence-electron chi connectivity index (χ2n) is 8.61. The van der Waals surface area contributed by atoms with Crippen LogP contribution >= 0.6 is 0 Å². The van der Waals surface area contributed by atoms with E-state index < -0.39 is 11.6 Å². The number of piperidine rings is 1. The van der Waals surface area contributed by atoms with Gasteiger partial charge in [0.05, 0.1) is 11.5 Å². The van der Waals surface area contributed by atoms with Crippen molar-refractivity contribution in [2.45, 2.75) is 52.6 Å². The highest BCUT2D eigenvalue weighted by atomic mass is 16.6. The van der Waals surface area contributed by atoms with E-state index in [9.17, 15) is 14.4 Å². The van der Waals surface area contributed by atoms with E-state index in [1.54, 1.807) is 11.8 Å². The number of carboxylic acid groups (broad SMARTS) is 1. The second-order valence-corrected chi connectivity index (χ2v) is 8.61. The zero-order chi connectivity index (χ0) is 21.8. The number of esters is 1. The van der Waals surface area contributed by atoms with Crippen LogP contribution in [0.3, 0.4) is 0 Å². The number of hydrogen-bond acceptors (Lipinski definition) is 5.